The summed E-state index contributed by atoms with van der Waals surface area (Å²) in [6, 6.07) is 7.03. The minimum atomic E-state index is -1.19. The molecule has 98 valence electrons. The van der Waals surface area contributed by atoms with Crippen LogP contribution >= 0.6 is 23.2 Å². The Morgan fingerprint density at radius 1 is 1.00 bits per heavy atom. The molecule has 19 heavy (non-hydrogen) atoms. The maximum Gasteiger partial charge on any atom is 0.199 e. The number of carbonyl (C=O) groups excluding carboxylic acids is 1. The summed E-state index contributed by atoms with van der Waals surface area (Å²) in [7, 11) is 0. The monoisotopic (exact) mass is 300 g/mol. The fraction of sp³-hybridized carbons (Fsp3) is 0.0714. The SMILES string of the molecule is Cc1ccc(C(=O)c2c(Cl)cccc2Cl)c(F)c1F. The van der Waals surface area contributed by atoms with Crippen LogP contribution in [0.3, 0.4) is 0 Å². The zero-order valence-corrected chi connectivity index (χ0v) is 11.3. The largest absolute Gasteiger partial charge is 0.288 e. The predicted molar refractivity (Wildman–Crippen MR) is 71.0 cm³/mol. The van der Waals surface area contributed by atoms with Gasteiger partial charge in [0.1, 0.15) is 0 Å². The summed E-state index contributed by atoms with van der Waals surface area (Å²) in [6.07, 6.45) is 0. The van der Waals surface area contributed by atoms with Gasteiger partial charge >= 0.3 is 0 Å². The van der Waals surface area contributed by atoms with Gasteiger partial charge in [0.25, 0.3) is 0 Å². The molecule has 0 fully saturated rings. The normalized spacial score (nSPS) is 10.6. The predicted octanol–water partition coefficient (Wildman–Crippen LogP) is 4.81. The molecule has 0 radical (unpaired) electrons. The molecule has 0 spiro atoms. The van der Waals surface area contributed by atoms with Gasteiger partial charge in [0.2, 0.25) is 0 Å². The summed E-state index contributed by atoms with van der Waals surface area (Å²) in [6.45, 7) is 1.41. The molecule has 1 nitrogen and oxygen atoms in total. The molecule has 2 aromatic carbocycles. The Balaban J connectivity index is 2.60. The molecular weight excluding hydrogens is 293 g/mol. The number of halogens is 4. The van der Waals surface area contributed by atoms with Crippen LogP contribution in [0.5, 0.6) is 0 Å². The van der Waals surface area contributed by atoms with Crippen molar-refractivity contribution in [2.75, 3.05) is 0 Å². The average Bonchev–Trinajstić information content (AvgIpc) is 2.35. The van der Waals surface area contributed by atoms with Crippen molar-refractivity contribution >= 4 is 29.0 Å². The smallest absolute Gasteiger partial charge is 0.199 e. The molecule has 0 saturated carbocycles. The van der Waals surface area contributed by atoms with E-state index in [0.717, 1.165) is 0 Å². The van der Waals surface area contributed by atoms with E-state index in [-0.39, 0.29) is 21.2 Å². The lowest BCUT2D eigenvalue weighted by atomic mass is 10.0. The van der Waals surface area contributed by atoms with Crippen LogP contribution in [0.1, 0.15) is 21.5 Å². The van der Waals surface area contributed by atoms with Gasteiger partial charge in [-0.3, -0.25) is 4.79 Å². The Kier molecular flexibility index (Phi) is 3.88. The van der Waals surface area contributed by atoms with Gasteiger partial charge in [-0.1, -0.05) is 35.3 Å². The average molecular weight is 301 g/mol. The van der Waals surface area contributed by atoms with E-state index in [4.69, 9.17) is 23.2 Å². The Labute approximate surface area is 118 Å². The summed E-state index contributed by atoms with van der Waals surface area (Å²) < 4.78 is 27.3. The van der Waals surface area contributed by atoms with Gasteiger partial charge in [0.15, 0.2) is 17.4 Å². The van der Waals surface area contributed by atoms with Gasteiger partial charge in [0.05, 0.1) is 21.2 Å². The fourth-order valence-electron chi connectivity index (χ4n) is 1.67. The second-order valence-electron chi connectivity index (χ2n) is 3.98. The number of benzene rings is 2. The Morgan fingerprint density at radius 2 is 1.58 bits per heavy atom. The molecule has 2 rings (SSSR count). The van der Waals surface area contributed by atoms with Crippen LogP contribution < -0.4 is 0 Å². The Hall–Kier alpha value is -1.45. The van der Waals surface area contributed by atoms with Crippen molar-refractivity contribution in [3.05, 3.63) is 68.7 Å². The molecule has 2 aromatic rings. The molecule has 0 aliphatic carbocycles. The van der Waals surface area contributed by atoms with E-state index in [1.165, 1.54) is 31.2 Å². The van der Waals surface area contributed by atoms with Gasteiger partial charge < -0.3 is 0 Å². The highest BCUT2D eigenvalue weighted by Gasteiger charge is 2.22. The molecule has 0 bridgehead atoms. The standard InChI is InChI=1S/C14H8Cl2F2O/c1-7-5-6-8(13(18)12(7)17)14(19)11-9(15)3-2-4-10(11)16/h2-6H,1H3. The lowest BCUT2D eigenvalue weighted by Gasteiger charge is -2.08. The molecule has 0 atom stereocenters. The first kappa shape index (κ1) is 14.0. The van der Waals surface area contributed by atoms with E-state index in [1.807, 2.05) is 0 Å². The van der Waals surface area contributed by atoms with E-state index in [1.54, 1.807) is 6.07 Å². The molecule has 0 aromatic heterocycles. The van der Waals surface area contributed by atoms with Gasteiger partial charge in [0, 0.05) is 0 Å². The van der Waals surface area contributed by atoms with Crippen LogP contribution in [-0.4, -0.2) is 5.78 Å². The summed E-state index contributed by atoms with van der Waals surface area (Å²) in [5, 5.41) is 0.191. The third-order valence-corrected chi connectivity index (χ3v) is 3.34. The molecule has 0 aliphatic heterocycles. The topological polar surface area (TPSA) is 17.1 Å². The molecule has 0 unspecified atom stereocenters. The number of rotatable bonds is 2. The van der Waals surface area contributed by atoms with Crippen molar-refractivity contribution in [1.82, 2.24) is 0 Å². The molecule has 0 heterocycles. The van der Waals surface area contributed by atoms with Crippen molar-refractivity contribution in [3.8, 4) is 0 Å². The lowest BCUT2D eigenvalue weighted by Crippen LogP contribution is -2.08. The van der Waals surface area contributed by atoms with Crippen LogP contribution in [-0.2, 0) is 0 Å². The maximum absolute atomic E-state index is 13.8. The van der Waals surface area contributed by atoms with Crippen molar-refractivity contribution in [1.29, 1.82) is 0 Å². The summed E-state index contributed by atoms with van der Waals surface area (Å²) >= 11 is 11.8. The zero-order valence-electron chi connectivity index (χ0n) is 9.81. The van der Waals surface area contributed by atoms with Gasteiger partial charge in [-0.05, 0) is 30.7 Å². The van der Waals surface area contributed by atoms with E-state index >= 15 is 0 Å². The van der Waals surface area contributed by atoms with Crippen LogP contribution in [0.15, 0.2) is 30.3 Å². The maximum atomic E-state index is 13.8. The van der Waals surface area contributed by atoms with Gasteiger partial charge in [-0.25, -0.2) is 8.78 Å². The number of ketones is 1. The van der Waals surface area contributed by atoms with Crippen molar-refractivity contribution in [2.24, 2.45) is 0 Å². The highest BCUT2D eigenvalue weighted by atomic mass is 35.5. The molecule has 0 N–H and O–H groups in total. The first-order chi connectivity index (χ1) is 8.93. The summed E-state index contributed by atoms with van der Waals surface area (Å²) in [5.74, 6) is -2.98. The molecular formula is C14H8Cl2F2O. The second kappa shape index (κ2) is 5.27. The molecule has 0 amide bonds. The Morgan fingerprint density at radius 3 is 2.16 bits per heavy atom. The molecule has 0 aliphatic rings. The number of hydrogen-bond donors (Lipinski definition) is 0. The van der Waals surface area contributed by atoms with Crippen molar-refractivity contribution in [3.63, 3.8) is 0 Å². The van der Waals surface area contributed by atoms with E-state index in [0.29, 0.717) is 0 Å². The number of hydrogen-bond acceptors (Lipinski definition) is 1. The van der Waals surface area contributed by atoms with Gasteiger partial charge in [-0.2, -0.15) is 0 Å². The highest BCUT2D eigenvalue weighted by Crippen LogP contribution is 2.28. The fourth-order valence-corrected chi connectivity index (χ4v) is 2.24. The molecule has 0 saturated heterocycles. The third kappa shape index (κ3) is 2.48. The minimum Gasteiger partial charge on any atom is -0.288 e. The van der Waals surface area contributed by atoms with Crippen LogP contribution in [0.2, 0.25) is 10.0 Å². The Bertz CT molecular complexity index is 648. The summed E-state index contributed by atoms with van der Waals surface area (Å²) in [4.78, 5) is 12.2. The second-order valence-corrected chi connectivity index (χ2v) is 4.80. The third-order valence-electron chi connectivity index (χ3n) is 2.71. The van der Waals surface area contributed by atoms with Crippen LogP contribution in [0.4, 0.5) is 8.78 Å². The summed E-state index contributed by atoms with van der Waals surface area (Å²) in [5.41, 5.74) is -0.301. The first-order valence-corrected chi connectivity index (χ1v) is 6.12. The van der Waals surface area contributed by atoms with E-state index < -0.39 is 23.0 Å². The van der Waals surface area contributed by atoms with Gasteiger partial charge in [-0.15, -0.1) is 0 Å². The van der Waals surface area contributed by atoms with Crippen LogP contribution in [0, 0.1) is 18.6 Å². The molecule has 5 heteroatoms. The zero-order chi connectivity index (χ0) is 14.2. The van der Waals surface area contributed by atoms with Crippen LogP contribution in [0.25, 0.3) is 0 Å². The number of carbonyl (C=O) groups is 1. The highest BCUT2D eigenvalue weighted by molar-refractivity contribution is 6.41. The minimum absolute atomic E-state index is 0.0343. The first-order valence-electron chi connectivity index (χ1n) is 5.36. The number of aryl methyl sites for hydroxylation is 1. The van der Waals surface area contributed by atoms with Crippen molar-refractivity contribution < 1.29 is 13.6 Å². The van der Waals surface area contributed by atoms with E-state index in [2.05, 4.69) is 0 Å². The lowest BCUT2D eigenvalue weighted by molar-refractivity contribution is 0.103. The van der Waals surface area contributed by atoms with Crippen molar-refractivity contribution in [2.45, 2.75) is 6.92 Å². The quantitative estimate of drug-likeness (QED) is 0.727. The van der Waals surface area contributed by atoms with E-state index in [9.17, 15) is 13.6 Å².